The fourth-order valence-corrected chi connectivity index (χ4v) is 4.80. The first kappa shape index (κ1) is 18.8. The Labute approximate surface area is 155 Å². The second-order valence-corrected chi connectivity index (χ2v) is 7.85. The predicted molar refractivity (Wildman–Crippen MR) is 100 cm³/mol. The summed E-state index contributed by atoms with van der Waals surface area (Å²) in [5.41, 5.74) is 1.29. The molecule has 3 heteroatoms. The molecular weight excluding hydrogens is 328 g/mol. The van der Waals surface area contributed by atoms with Crippen molar-refractivity contribution in [2.45, 2.75) is 57.3 Å². The lowest BCUT2D eigenvalue weighted by molar-refractivity contribution is 0.171. The zero-order chi connectivity index (χ0) is 18.4. The van der Waals surface area contributed by atoms with Crippen LogP contribution < -0.4 is 0 Å². The van der Waals surface area contributed by atoms with E-state index in [2.05, 4.69) is 6.08 Å². The average Bonchev–Trinajstić information content (AvgIpc) is 2.69. The van der Waals surface area contributed by atoms with Crippen molar-refractivity contribution in [1.82, 2.24) is 0 Å². The van der Waals surface area contributed by atoms with Gasteiger partial charge in [0, 0.05) is 0 Å². The maximum atomic E-state index is 13.1. The zero-order valence-corrected chi connectivity index (χ0v) is 15.2. The Balaban J connectivity index is 1.43. The normalized spacial score (nSPS) is 30.3. The van der Waals surface area contributed by atoms with Crippen LogP contribution >= 0.6 is 0 Å². The van der Waals surface area contributed by atoms with Gasteiger partial charge in [0.1, 0.15) is 11.9 Å². The van der Waals surface area contributed by atoms with Gasteiger partial charge in [-0.05, 0) is 98.8 Å². The highest BCUT2D eigenvalue weighted by Gasteiger charge is 2.30. The van der Waals surface area contributed by atoms with Crippen LogP contribution in [0.5, 0.6) is 0 Å². The number of hydrogen-bond acceptors (Lipinski definition) is 1. The Morgan fingerprint density at radius 2 is 1.50 bits per heavy atom. The quantitative estimate of drug-likeness (QED) is 0.428. The zero-order valence-electron chi connectivity index (χ0n) is 15.2. The number of nitrogens with zero attached hydrogens (tertiary/aromatic N) is 1. The van der Waals surface area contributed by atoms with Crippen LogP contribution in [0.4, 0.5) is 8.78 Å². The third kappa shape index (κ3) is 5.04. The minimum Gasteiger partial charge on any atom is -0.207 e. The summed E-state index contributed by atoms with van der Waals surface area (Å²) in [7, 11) is 0. The summed E-state index contributed by atoms with van der Waals surface area (Å²) >= 11 is 0. The Morgan fingerprint density at radius 3 is 2.08 bits per heavy atom. The number of nitriles is 1. The molecule has 0 unspecified atom stereocenters. The molecule has 0 radical (unpaired) electrons. The Bertz CT molecular complexity index is 667. The van der Waals surface area contributed by atoms with E-state index in [1.807, 2.05) is 12.1 Å². The van der Waals surface area contributed by atoms with Crippen molar-refractivity contribution >= 4 is 0 Å². The molecular formula is C23H27F2N. The molecule has 0 aliphatic heterocycles. The molecule has 1 aromatic rings. The number of benzene rings is 1. The summed E-state index contributed by atoms with van der Waals surface area (Å²) in [6.07, 6.45) is 14.8. The van der Waals surface area contributed by atoms with Gasteiger partial charge < -0.3 is 0 Å². The molecule has 138 valence electrons. The molecule has 1 aromatic carbocycles. The van der Waals surface area contributed by atoms with Gasteiger partial charge in [-0.2, -0.15) is 9.65 Å². The lowest BCUT2D eigenvalue weighted by atomic mass is 9.68. The summed E-state index contributed by atoms with van der Waals surface area (Å²) in [4.78, 5) is 0. The van der Waals surface area contributed by atoms with Gasteiger partial charge >= 0.3 is 0 Å². The fourth-order valence-electron chi connectivity index (χ4n) is 4.80. The largest absolute Gasteiger partial charge is 0.207 e. The molecule has 3 rings (SSSR count). The number of halogens is 2. The maximum absolute atomic E-state index is 13.1. The van der Waals surface area contributed by atoms with Crippen LogP contribution in [0.2, 0.25) is 0 Å². The van der Waals surface area contributed by atoms with Gasteiger partial charge in [0.25, 0.3) is 0 Å². The second kappa shape index (κ2) is 9.12. The van der Waals surface area contributed by atoms with E-state index >= 15 is 0 Å². The molecule has 0 atom stereocenters. The standard InChI is InChI=1S/C23H27F2N/c24-22-14-12-21(13-15-22)20-10-8-19(9-11-20)18-6-4-17(5-7-18)2-1-3-23(25)16-26/h1-3,12-15,17-20H,4-11H2. The molecule has 0 saturated heterocycles. The highest BCUT2D eigenvalue weighted by molar-refractivity contribution is 5.21. The van der Waals surface area contributed by atoms with E-state index in [-0.39, 0.29) is 5.82 Å². The first-order chi connectivity index (χ1) is 12.7. The van der Waals surface area contributed by atoms with E-state index in [0.29, 0.717) is 11.8 Å². The van der Waals surface area contributed by atoms with Crippen molar-refractivity contribution < 1.29 is 8.78 Å². The highest BCUT2D eigenvalue weighted by atomic mass is 19.1. The topological polar surface area (TPSA) is 23.8 Å². The van der Waals surface area contributed by atoms with E-state index in [0.717, 1.165) is 11.8 Å². The first-order valence-electron chi connectivity index (χ1n) is 9.85. The van der Waals surface area contributed by atoms with Crippen molar-refractivity contribution in [3.05, 3.63) is 59.7 Å². The first-order valence-corrected chi connectivity index (χ1v) is 9.85. The molecule has 26 heavy (non-hydrogen) atoms. The predicted octanol–water partition coefficient (Wildman–Crippen LogP) is 6.84. The van der Waals surface area contributed by atoms with Crippen LogP contribution in [0.25, 0.3) is 0 Å². The lowest BCUT2D eigenvalue weighted by Gasteiger charge is -2.37. The fraction of sp³-hybridized carbons (Fsp3) is 0.522. The molecule has 0 heterocycles. The molecule has 2 aliphatic rings. The van der Waals surface area contributed by atoms with Crippen molar-refractivity contribution in [1.29, 1.82) is 5.26 Å². The molecule has 0 amide bonds. The molecule has 2 fully saturated rings. The number of hydrogen-bond donors (Lipinski definition) is 0. The van der Waals surface area contributed by atoms with Crippen LogP contribution in [0.1, 0.15) is 62.8 Å². The SMILES string of the molecule is N#CC(F)=CC=CC1CCC(C2CCC(c3ccc(F)cc3)CC2)CC1. The molecule has 0 bridgehead atoms. The molecule has 2 saturated carbocycles. The molecule has 1 nitrogen and oxygen atoms in total. The van der Waals surface area contributed by atoms with Gasteiger partial charge in [-0.3, -0.25) is 0 Å². The van der Waals surface area contributed by atoms with Crippen LogP contribution in [0.3, 0.4) is 0 Å². The van der Waals surface area contributed by atoms with Crippen molar-refractivity contribution in [3.63, 3.8) is 0 Å². The van der Waals surface area contributed by atoms with Crippen LogP contribution in [-0.4, -0.2) is 0 Å². The third-order valence-corrected chi connectivity index (χ3v) is 6.33. The summed E-state index contributed by atoms with van der Waals surface area (Å²) < 4.78 is 25.9. The van der Waals surface area contributed by atoms with Crippen molar-refractivity contribution in [2.75, 3.05) is 0 Å². The second-order valence-electron chi connectivity index (χ2n) is 7.85. The van der Waals surface area contributed by atoms with E-state index in [4.69, 9.17) is 5.26 Å². The number of allylic oxidation sites excluding steroid dienone is 4. The van der Waals surface area contributed by atoms with Crippen molar-refractivity contribution in [3.8, 4) is 6.07 Å². The summed E-state index contributed by atoms with van der Waals surface area (Å²) in [5, 5.41) is 8.41. The van der Waals surface area contributed by atoms with Gasteiger partial charge in [-0.15, -0.1) is 0 Å². The van der Waals surface area contributed by atoms with Gasteiger partial charge in [0.05, 0.1) is 0 Å². The summed E-state index contributed by atoms with van der Waals surface area (Å²) in [6.45, 7) is 0. The van der Waals surface area contributed by atoms with E-state index in [1.165, 1.54) is 69.1 Å². The average molecular weight is 355 g/mol. The Hall–Kier alpha value is -1.95. The molecule has 0 spiro atoms. The Morgan fingerprint density at radius 1 is 0.923 bits per heavy atom. The van der Waals surface area contributed by atoms with Crippen molar-refractivity contribution in [2.24, 2.45) is 17.8 Å². The monoisotopic (exact) mass is 355 g/mol. The summed E-state index contributed by atoms with van der Waals surface area (Å²) in [6, 6.07) is 8.54. The molecule has 0 aromatic heterocycles. The Kier molecular flexibility index (Phi) is 6.61. The lowest BCUT2D eigenvalue weighted by Crippen LogP contribution is -2.25. The maximum Gasteiger partial charge on any atom is 0.199 e. The molecule has 2 aliphatic carbocycles. The van der Waals surface area contributed by atoms with Gasteiger partial charge in [-0.25, -0.2) is 4.39 Å². The van der Waals surface area contributed by atoms with Crippen LogP contribution in [0, 0.1) is 34.9 Å². The van der Waals surface area contributed by atoms with Crippen LogP contribution in [-0.2, 0) is 0 Å². The van der Waals surface area contributed by atoms with Gasteiger partial charge in [0.2, 0.25) is 0 Å². The van der Waals surface area contributed by atoms with Gasteiger partial charge in [0.15, 0.2) is 5.83 Å². The summed E-state index contributed by atoms with van der Waals surface area (Å²) in [5.74, 6) is 1.87. The van der Waals surface area contributed by atoms with E-state index in [1.54, 1.807) is 18.2 Å². The smallest absolute Gasteiger partial charge is 0.199 e. The van der Waals surface area contributed by atoms with E-state index < -0.39 is 5.83 Å². The molecule has 0 N–H and O–H groups in total. The van der Waals surface area contributed by atoms with E-state index in [9.17, 15) is 8.78 Å². The number of rotatable bonds is 4. The van der Waals surface area contributed by atoms with Crippen LogP contribution in [0.15, 0.2) is 48.3 Å². The third-order valence-electron chi connectivity index (χ3n) is 6.33. The minimum absolute atomic E-state index is 0.154. The highest BCUT2D eigenvalue weighted by Crippen LogP contribution is 2.44. The van der Waals surface area contributed by atoms with Gasteiger partial charge in [-0.1, -0.05) is 24.3 Å². The minimum atomic E-state index is -0.729.